The lowest BCUT2D eigenvalue weighted by Crippen LogP contribution is -2.62. The average Bonchev–Trinajstić information content (AvgIpc) is 3.64. The summed E-state index contributed by atoms with van der Waals surface area (Å²) in [4.78, 5) is 13.3. The van der Waals surface area contributed by atoms with Gasteiger partial charge in [-0.2, -0.15) is 0 Å². The van der Waals surface area contributed by atoms with Crippen molar-refractivity contribution in [1.82, 2.24) is 0 Å². The van der Waals surface area contributed by atoms with Gasteiger partial charge in [-0.05, 0) is 111 Å². The van der Waals surface area contributed by atoms with E-state index < -0.39 is 59.4 Å². The van der Waals surface area contributed by atoms with Gasteiger partial charge in [-0.3, -0.25) is 0 Å². The molecule has 0 unspecified atom stereocenters. The van der Waals surface area contributed by atoms with E-state index in [0.29, 0.717) is 41.3 Å². The minimum Gasteiger partial charge on any atom is -0.497 e. The summed E-state index contributed by atoms with van der Waals surface area (Å²) in [6, 6.07) is 6.46. The Bertz CT molecular complexity index is 1480. The molecule has 2 aliphatic heterocycles. The van der Waals surface area contributed by atoms with Crippen molar-refractivity contribution >= 4 is 5.97 Å². The molecule has 51 heavy (non-hydrogen) atoms. The molecule has 3 N–H and O–H groups in total. The number of aliphatic hydroxyl groups is 3. The smallest absolute Gasteiger partial charge is 0.338 e. The highest BCUT2D eigenvalue weighted by Crippen LogP contribution is 2.83. The standard InChI is InChI=1S/C41H60O10/c1-22(2)12-17-40(51-36-34(33(43)30(42)21-48-36)49-35(44)24-8-10-26(46-6)11-9-24)23(3)41(45)32(50-40)19-29-27-18-31(47-7)39-20-25(39)13-15-37(39,4)28(27)14-16-38(29,41)5/h8-11,22-23,25,27-34,36,42-43,45H,12-21H2,1-7H3/t23-,25-,27-,28+,29+,30-,31-,32+,33+,34-,36+,37-,38+,39+,40+,41-/m1/s1. The zero-order valence-corrected chi connectivity index (χ0v) is 31.5. The Kier molecular flexibility index (Phi) is 8.78. The minimum atomic E-state index is -1.45. The van der Waals surface area contributed by atoms with Crippen LogP contribution in [-0.4, -0.2) is 90.3 Å². The van der Waals surface area contributed by atoms with Crippen molar-refractivity contribution in [3.8, 4) is 5.75 Å². The Balaban J connectivity index is 1.08. The lowest BCUT2D eigenvalue weighted by molar-refractivity contribution is -0.361. The number of carbonyl (C=O) groups is 1. The Labute approximate surface area is 302 Å². The first kappa shape index (κ1) is 36.2. The zero-order valence-electron chi connectivity index (χ0n) is 31.5. The minimum absolute atomic E-state index is 0.199. The Morgan fingerprint density at radius 1 is 1.02 bits per heavy atom. The molecule has 5 saturated carbocycles. The van der Waals surface area contributed by atoms with Crippen LogP contribution >= 0.6 is 0 Å². The predicted molar refractivity (Wildman–Crippen MR) is 187 cm³/mol. The summed E-state index contributed by atoms with van der Waals surface area (Å²) in [5.74, 6) is 0.692. The third-order valence-electron chi connectivity index (χ3n) is 16.1. The van der Waals surface area contributed by atoms with E-state index in [0.717, 1.165) is 38.0 Å². The summed E-state index contributed by atoms with van der Waals surface area (Å²) in [6.07, 6.45) is 3.52. The predicted octanol–water partition coefficient (Wildman–Crippen LogP) is 5.49. The van der Waals surface area contributed by atoms with Gasteiger partial charge in [0.05, 0.1) is 31.5 Å². The molecule has 2 heterocycles. The third kappa shape index (κ3) is 4.95. The number of benzene rings is 1. The highest BCUT2D eigenvalue weighted by atomic mass is 16.8. The van der Waals surface area contributed by atoms with Crippen molar-refractivity contribution in [2.45, 2.75) is 141 Å². The van der Waals surface area contributed by atoms with E-state index in [1.54, 1.807) is 31.4 Å². The maximum Gasteiger partial charge on any atom is 0.338 e. The lowest BCUT2D eigenvalue weighted by atomic mass is 9.44. The van der Waals surface area contributed by atoms with Crippen molar-refractivity contribution in [2.75, 3.05) is 20.8 Å². The second-order valence-electron chi connectivity index (χ2n) is 18.3. The molecule has 284 valence electrons. The number of hydrogen-bond donors (Lipinski definition) is 3. The van der Waals surface area contributed by atoms with Crippen LogP contribution in [0, 0.1) is 51.8 Å². The molecule has 0 radical (unpaired) electrons. The van der Waals surface area contributed by atoms with Gasteiger partial charge in [-0.25, -0.2) is 4.79 Å². The number of fused-ring (bicyclic) bond motifs is 6. The van der Waals surface area contributed by atoms with Gasteiger partial charge in [0.15, 0.2) is 11.9 Å². The Morgan fingerprint density at radius 3 is 2.41 bits per heavy atom. The van der Waals surface area contributed by atoms with E-state index in [-0.39, 0.29) is 23.7 Å². The molecule has 0 amide bonds. The van der Waals surface area contributed by atoms with Crippen LogP contribution < -0.4 is 4.74 Å². The van der Waals surface area contributed by atoms with E-state index in [2.05, 4.69) is 27.7 Å². The Morgan fingerprint density at radius 2 is 1.75 bits per heavy atom. The molecule has 1 aromatic rings. The van der Waals surface area contributed by atoms with Crippen molar-refractivity contribution in [3.05, 3.63) is 29.8 Å². The zero-order chi connectivity index (χ0) is 36.3. The Hall–Kier alpha value is -1.79. The highest BCUT2D eigenvalue weighted by Gasteiger charge is 2.81. The van der Waals surface area contributed by atoms with Gasteiger partial charge in [0.25, 0.3) is 0 Å². The molecule has 7 fully saturated rings. The van der Waals surface area contributed by atoms with E-state index in [4.69, 9.17) is 28.4 Å². The molecular formula is C41H60O10. The fourth-order valence-electron chi connectivity index (χ4n) is 13.3. The van der Waals surface area contributed by atoms with Crippen LogP contribution in [0.15, 0.2) is 24.3 Å². The van der Waals surface area contributed by atoms with Gasteiger partial charge in [-0.15, -0.1) is 0 Å². The maximum atomic E-state index is 13.3. The first-order valence-corrected chi connectivity index (χ1v) is 19.6. The van der Waals surface area contributed by atoms with E-state index in [1.165, 1.54) is 19.3 Å². The van der Waals surface area contributed by atoms with Gasteiger partial charge in [-0.1, -0.05) is 34.6 Å². The molecule has 0 aromatic heterocycles. The van der Waals surface area contributed by atoms with Crippen molar-refractivity contribution < 1.29 is 48.5 Å². The summed E-state index contributed by atoms with van der Waals surface area (Å²) < 4.78 is 37.4. The molecule has 8 rings (SSSR count). The lowest BCUT2D eigenvalue weighted by Gasteiger charge is -2.62. The van der Waals surface area contributed by atoms with Gasteiger partial charge in [0, 0.05) is 30.3 Å². The SMILES string of the molecule is COc1ccc(C(=O)O[C@H]2[C@H](O[C@]3(CCC(C)C)O[C@H]4C[C@H]5[C@@H]6C[C@@H](OC)[C@]78C[C@H]7CC[C@]8(C)[C@H]6CC[C@]5(C)[C@@]4(O)[C@@H]3C)OC[C@@H](O)[C@@H]2O)cc1. The summed E-state index contributed by atoms with van der Waals surface area (Å²) in [5, 5.41) is 35.0. The number of hydrogen-bond acceptors (Lipinski definition) is 10. The second-order valence-corrected chi connectivity index (χ2v) is 18.3. The maximum absolute atomic E-state index is 13.3. The second kappa shape index (κ2) is 12.4. The van der Waals surface area contributed by atoms with Crippen molar-refractivity contribution in [1.29, 1.82) is 0 Å². The summed E-state index contributed by atoms with van der Waals surface area (Å²) >= 11 is 0. The quantitative estimate of drug-likeness (QED) is 0.283. The van der Waals surface area contributed by atoms with Crippen LogP contribution in [0.4, 0.5) is 0 Å². The third-order valence-corrected chi connectivity index (χ3v) is 16.1. The first-order chi connectivity index (χ1) is 24.2. The molecule has 10 heteroatoms. The van der Waals surface area contributed by atoms with Crippen LogP contribution in [0.1, 0.15) is 103 Å². The molecular weight excluding hydrogens is 652 g/mol. The number of ether oxygens (including phenoxy) is 6. The molecule has 0 bridgehead atoms. The number of methoxy groups -OCH3 is 2. The molecule has 10 nitrogen and oxygen atoms in total. The van der Waals surface area contributed by atoms with E-state index in [9.17, 15) is 20.1 Å². The fourth-order valence-corrected chi connectivity index (χ4v) is 13.3. The summed E-state index contributed by atoms with van der Waals surface area (Å²) in [6.45, 7) is 11.0. The molecule has 1 aromatic carbocycles. The van der Waals surface area contributed by atoms with Crippen LogP contribution in [0.2, 0.25) is 0 Å². The first-order valence-electron chi connectivity index (χ1n) is 19.6. The molecule has 16 atom stereocenters. The van der Waals surface area contributed by atoms with Gasteiger partial charge in [0.2, 0.25) is 6.29 Å². The normalized spacial score (nSPS) is 50.9. The topological polar surface area (TPSA) is 133 Å². The monoisotopic (exact) mass is 712 g/mol. The van der Waals surface area contributed by atoms with E-state index in [1.807, 2.05) is 14.0 Å². The van der Waals surface area contributed by atoms with Gasteiger partial charge >= 0.3 is 5.97 Å². The number of aliphatic hydroxyl groups excluding tert-OH is 2. The van der Waals surface area contributed by atoms with Crippen LogP contribution in [0.5, 0.6) is 5.75 Å². The molecule has 7 aliphatic rings. The van der Waals surface area contributed by atoms with E-state index >= 15 is 0 Å². The molecule has 1 spiro atoms. The number of carbonyl (C=O) groups excluding carboxylic acids is 1. The summed E-state index contributed by atoms with van der Waals surface area (Å²) in [7, 11) is 3.45. The van der Waals surface area contributed by atoms with Crippen LogP contribution in [0.3, 0.4) is 0 Å². The van der Waals surface area contributed by atoms with Crippen molar-refractivity contribution in [2.24, 2.45) is 51.8 Å². The number of rotatable bonds is 9. The fraction of sp³-hybridized carbons (Fsp3) is 0.829. The highest BCUT2D eigenvalue weighted by molar-refractivity contribution is 5.89. The number of esters is 1. The van der Waals surface area contributed by atoms with Gasteiger partial charge < -0.3 is 43.7 Å². The molecule has 2 saturated heterocycles. The van der Waals surface area contributed by atoms with Crippen LogP contribution in [-0.2, 0) is 23.7 Å². The van der Waals surface area contributed by atoms with Crippen LogP contribution in [0.25, 0.3) is 0 Å². The largest absolute Gasteiger partial charge is 0.497 e. The van der Waals surface area contributed by atoms with Crippen molar-refractivity contribution in [3.63, 3.8) is 0 Å². The summed E-state index contributed by atoms with van der Waals surface area (Å²) in [5.41, 5.74) is -0.699. The average molecular weight is 713 g/mol. The molecule has 5 aliphatic carbocycles. The van der Waals surface area contributed by atoms with Gasteiger partial charge in [0.1, 0.15) is 23.6 Å².